The van der Waals surface area contributed by atoms with Crippen LogP contribution in [0.15, 0.2) is 35.1 Å². The summed E-state index contributed by atoms with van der Waals surface area (Å²) in [4.78, 5) is 12.0. The number of aromatic nitrogens is 2. The average molecular weight is 230 g/mol. The smallest absolute Gasteiger partial charge is 0.270 e. The number of aromatic amines is 1. The summed E-state index contributed by atoms with van der Waals surface area (Å²) in [5.41, 5.74) is 2.86. The van der Waals surface area contributed by atoms with E-state index in [1.54, 1.807) is 4.68 Å². The molecule has 0 saturated heterocycles. The zero-order valence-corrected chi connectivity index (χ0v) is 10.5. The van der Waals surface area contributed by atoms with Gasteiger partial charge in [-0.2, -0.15) is 0 Å². The fourth-order valence-corrected chi connectivity index (χ4v) is 1.96. The quantitative estimate of drug-likeness (QED) is 0.865. The molecule has 0 spiro atoms. The monoisotopic (exact) mass is 230 g/mol. The van der Waals surface area contributed by atoms with E-state index in [-0.39, 0.29) is 5.56 Å². The van der Waals surface area contributed by atoms with Gasteiger partial charge in [0.25, 0.3) is 5.56 Å². The maximum Gasteiger partial charge on any atom is 0.270 e. The van der Waals surface area contributed by atoms with Crippen LogP contribution in [0.2, 0.25) is 0 Å². The van der Waals surface area contributed by atoms with E-state index in [0.717, 1.165) is 23.4 Å². The molecule has 2 rings (SSSR count). The second kappa shape index (κ2) is 4.62. The Morgan fingerprint density at radius 1 is 1.24 bits per heavy atom. The molecule has 1 N–H and O–H groups in total. The van der Waals surface area contributed by atoms with Crippen molar-refractivity contribution in [2.45, 2.75) is 27.3 Å². The Morgan fingerprint density at radius 3 is 2.47 bits per heavy atom. The fourth-order valence-electron chi connectivity index (χ4n) is 1.96. The predicted octanol–water partition coefficient (Wildman–Crippen LogP) is 2.81. The molecule has 17 heavy (non-hydrogen) atoms. The Kier molecular flexibility index (Phi) is 3.18. The standard InChI is InChI=1S/C14H18N2O/c1-10(2)9-16-14(17)11(3)13(15-16)12-7-5-4-6-8-12/h4-8,10,15H,9H2,1-3H3. The van der Waals surface area contributed by atoms with Crippen molar-refractivity contribution in [2.24, 2.45) is 5.92 Å². The van der Waals surface area contributed by atoms with E-state index < -0.39 is 0 Å². The fraction of sp³-hybridized carbons (Fsp3) is 0.357. The third kappa shape index (κ3) is 2.33. The van der Waals surface area contributed by atoms with Crippen molar-refractivity contribution < 1.29 is 0 Å². The van der Waals surface area contributed by atoms with Crippen LogP contribution >= 0.6 is 0 Å². The van der Waals surface area contributed by atoms with Gasteiger partial charge in [-0.25, -0.2) is 0 Å². The summed E-state index contributed by atoms with van der Waals surface area (Å²) >= 11 is 0. The topological polar surface area (TPSA) is 37.8 Å². The highest BCUT2D eigenvalue weighted by atomic mass is 16.1. The van der Waals surface area contributed by atoms with Gasteiger partial charge in [0.05, 0.1) is 5.69 Å². The van der Waals surface area contributed by atoms with Crippen molar-refractivity contribution in [2.75, 3.05) is 0 Å². The Hall–Kier alpha value is -1.77. The van der Waals surface area contributed by atoms with Crippen molar-refractivity contribution in [1.29, 1.82) is 0 Å². The molecule has 90 valence electrons. The zero-order valence-electron chi connectivity index (χ0n) is 10.5. The SMILES string of the molecule is Cc1c(-c2ccccc2)[nH]n(CC(C)C)c1=O. The van der Waals surface area contributed by atoms with Gasteiger partial charge in [-0.05, 0) is 18.4 Å². The molecule has 0 aliphatic carbocycles. The highest BCUT2D eigenvalue weighted by molar-refractivity contribution is 5.61. The van der Waals surface area contributed by atoms with E-state index >= 15 is 0 Å². The summed E-state index contributed by atoms with van der Waals surface area (Å²) < 4.78 is 1.70. The molecule has 3 heteroatoms. The maximum atomic E-state index is 12.0. The van der Waals surface area contributed by atoms with Gasteiger partial charge in [-0.1, -0.05) is 44.2 Å². The van der Waals surface area contributed by atoms with Gasteiger partial charge >= 0.3 is 0 Å². The lowest BCUT2D eigenvalue weighted by molar-refractivity contribution is 0.473. The molecule has 3 nitrogen and oxygen atoms in total. The van der Waals surface area contributed by atoms with Gasteiger partial charge in [-0.15, -0.1) is 0 Å². The van der Waals surface area contributed by atoms with Crippen LogP contribution in [0.5, 0.6) is 0 Å². The number of hydrogen-bond donors (Lipinski definition) is 1. The first-order chi connectivity index (χ1) is 8.09. The summed E-state index contributed by atoms with van der Waals surface area (Å²) in [5, 5.41) is 3.20. The van der Waals surface area contributed by atoms with E-state index in [1.165, 1.54) is 0 Å². The Balaban J connectivity index is 2.47. The summed E-state index contributed by atoms with van der Waals surface area (Å²) in [6, 6.07) is 9.96. The predicted molar refractivity (Wildman–Crippen MR) is 70.1 cm³/mol. The van der Waals surface area contributed by atoms with E-state index in [0.29, 0.717) is 5.92 Å². The molecule has 0 unspecified atom stereocenters. The van der Waals surface area contributed by atoms with Crippen LogP contribution in [-0.4, -0.2) is 9.78 Å². The van der Waals surface area contributed by atoms with Crippen molar-refractivity contribution in [3.05, 3.63) is 46.2 Å². The Morgan fingerprint density at radius 2 is 1.88 bits per heavy atom. The normalized spacial score (nSPS) is 11.1. The maximum absolute atomic E-state index is 12.0. The molecular weight excluding hydrogens is 212 g/mol. The van der Waals surface area contributed by atoms with Crippen molar-refractivity contribution >= 4 is 0 Å². The zero-order chi connectivity index (χ0) is 12.4. The Bertz CT molecular complexity index is 549. The molecular formula is C14H18N2O. The number of rotatable bonds is 3. The van der Waals surface area contributed by atoms with E-state index in [4.69, 9.17) is 0 Å². The summed E-state index contributed by atoms with van der Waals surface area (Å²) in [5.74, 6) is 0.453. The molecule has 0 atom stereocenters. The summed E-state index contributed by atoms with van der Waals surface area (Å²) in [6.07, 6.45) is 0. The average Bonchev–Trinajstić information content (AvgIpc) is 2.58. The van der Waals surface area contributed by atoms with Crippen molar-refractivity contribution in [3.63, 3.8) is 0 Å². The summed E-state index contributed by atoms with van der Waals surface area (Å²) in [7, 11) is 0. The van der Waals surface area contributed by atoms with Gasteiger partial charge in [0.15, 0.2) is 0 Å². The van der Waals surface area contributed by atoms with Gasteiger partial charge in [0, 0.05) is 12.1 Å². The number of H-pyrrole nitrogens is 1. The molecule has 2 aromatic rings. The molecule has 0 radical (unpaired) electrons. The Labute approximate surface area is 101 Å². The second-order valence-electron chi connectivity index (χ2n) is 4.79. The van der Waals surface area contributed by atoms with E-state index in [2.05, 4.69) is 18.9 Å². The molecule has 0 aliphatic heterocycles. The lowest BCUT2D eigenvalue weighted by atomic mass is 10.1. The molecule has 0 bridgehead atoms. The first kappa shape index (κ1) is 11.7. The molecule has 1 heterocycles. The first-order valence-corrected chi connectivity index (χ1v) is 5.94. The van der Waals surface area contributed by atoms with Crippen LogP contribution in [0.3, 0.4) is 0 Å². The minimum Gasteiger partial charge on any atom is -0.295 e. The number of benzene rings is 1. The van der Waals surface area contributed by atoms with Crippen LogP contribution < -0.4 is 5.56 Å². The summed E-state index contributed by atoms with van der Waals surface area (Å²) in [6.45, 7) is 6.81. The van der Waals surface area contributed by atoms with Crippen molar-refractivity contribution in [3.8, 4) is 11.3 Å². The molecule has 0 aliphatic rings. The highest BCUT2D eigenvalue weighted by Gasteiger charge is 2.11. The van der Waals surface area contributed by atoms with E-state index in [9.17, 15) is 4.79 Å². The van der Waals surface area contributed by atoms with Crippen molar-refractivity contribution in [1.82, 2.24) is 9.78 Å². The lowest BCUT2D eigenvalue weighted by Gasteiger charge is -2.04. The molecule has 1 aromatic heterocycles. The van der Waals surface area contributed by atoms with Crippen LogP contribution in [0.4, 0.5) is 0 Å². The van der Waals surface area contributed by atoms with Crippen LogP contribution in [-0.2, 0) is 6.54 Å². The van der Waals surface area contributed by atoms with Crippen LogP contribution in [0.25, 0.3) is 11.3 Å². The number of nitrogens with one attached hydrogen (secondary N) is 1. The second-order valence-corrected chi connectivity index (χ2v) is 4.79. The number of nitrogens with zero attached hydrogens (tertiary/aromatic N) is 1. The van der Waals surface area contributed by atoms with Gasteiger partial charge < -0.3 is 0 Å². The largest absolute Gasteiger partial charge is 0.295 e. The highest BCUT2D eigenvalue weighted by Crippen LogP contribution is 2.18. The third-order valence-corrected chi connectivity index (χ3v) is 2.80. The van der Waals surface area contributed by atoms with E-state index in [1.807, 2.05) is 37.3 Å². The van der Waals surface area contributed by atoms with Crippen LogP contribution in [0, 0.1) is 12.8 Å². The minimum atomic E-state index is 0.0811. The number of hydrogen-bond acceptors (Lipinski definition) is 1. The molecule has 1 aromatic carbocycles. The van der Waals surface area contributed by atoms with Gasteiger partial charge in [0.2, 0.25) is 0 Å². The molecule has 0 amide bonds. The van der Waals surface area contributed by atoms with Gasteiger partial charge in [0.1, 0.15) is 0 Å². The molecule has 0 saturated carbocycles. The third-order valence-electron chi connectivity index (χ3n) is 2.80. The van der Waals surface area contributed by atoms with Gasteiger partial charge in [-0.3, -0.25) is 14.6 Å². The lowest BCUT2D eigenvalue weighted by Crippen LogP contribution is -2.20. The van der Waals surface area contributed by atoms with Crippen LogP contribution in [0.1, 0.15) is 19.4 Å². The first-order valence-electron chi connectivity index (χ1n) is 5.94. The molecule has 0 fully saturated rings. The minimum absolute atomic E-state index is 0.0811.